The van der Waals surface area contributed by atoms with Gasteiger partial charge >= 0.3 is 0 Å². The molecule has 1 N–H and O–H groups in total. The molecule has 1 fully saturated rings. The molecular formula is C21H24N4O. The van der Waals surface area contributed by atoms with Crippen LogP contribution in [0.15, 0.2) is 54.9 Å². The molecule has 1 unspecified atom stereocenters. The zero-order valence-electron chi connectivity index (χ0n) is 15.3. The minimum Gasteiger partial charge on any atom is -0.371 e. The van der Waals surface area contributed by atoms with Crippen molar-refractivity contribution in [1.29, 1.82) is 0 Å². The third-order valence-corrected chi connectivity index (χ3v) is 5.37. The number of nitrogens with one attached hydrogen (secondary N) is 1. The predicted molar refractivity (Wildman–Crippen MR) is 104 cm³/mol. The maximum Gasteiger partial charge on any atom is 0.253 e. The number of anilines is 1. The van der Waals surface area contributed by atoms with Crippen molar-refractivity contribution in [3.8, 4) is 0 Å². The Balaban J connectivity index is 1.66. The number of likely N-dealkylation sites (tertiary alicyclic amines) is 1. The molecule has 26 heavy (non-hydrogen) atoms. The van der Waals surface area contributed by atoms with Crippen molar-refractivity contribution in [2.75, 3.05) is 25.5 Å². The minimum atomic E-state index is -0.160. The van der Waals surface area contributed by atoms with Crippen molar-refractivity contribution in [1.82, 2.24) is 14.3 Å². The number of hydrogen-bond donors (Lipinski definition) is 1. The van der Waals surface area contributed by atoms with E-state index in [1.54, 1.807) is 0 Å². The molecule has 1 aliphatic rings. The molecule has 0 aliphatic carbocycles. The first-order valence-corrected chi connectivity index (χ1v) is 9.11. The molecule has 3 heterocycles. The van der Waals surface area contributed by atoms with Crippen LogP contribution < -0.4 is 5.32 Å². The molecule has 1 aliphatic heterocycles. The molecule has 4 rings (SSSR count). The Morgan fingerprint density at radius 2 is 2.00 bits per heavy atom. The Morgan fingerprint density at radius 3 is 2.77 bits per heavy atom. The number of amides is 1. The van der Waals surface area contributed by atoms with E-state index >= 15 is 0 Å². The molecule has 0 spiro atoms. The van der Waals surface area contributed by atoms with E-state index < -0.39 is 0 Å². The van der Waals surface area contributed by atoms with Crippen LogP contribution in [0, 0.1) is 0 Å². The molecule has 1 amide bonds. The maximum atomic E-state index is 12.9. The number of hydrogen-bond acceptors (Lipinski definition) is 3. The van der Waals surface area contributed by atoms with Gasteiger partial charge in [-0.25, -0.2) is 4.98 Å². The van der Waals surface area contributed by atoms with Crippen LogP contribution in [0.2, 0.25) is 0 Å². The predicted octanol–water partition coefficient (Wildman–Crippen LogP) is 3.57. The molecule has 3 aromatic rings. The fourth-order valence-electron chi connectivity index (χ4n) is 3.91. The summed E-state index contributed by atoms with van der Waals surface area (Å²) in [4.78, 5) is 19.8. The van der Waals surface area contributed by atoms with Gasteiger partial charge in [-0.15, -0.1) is 0 Å². The topological polar surface area (TPSA) is 49.6 Å². The Hall–Kier alpha value is -2.82. The first kappa shape index (κ1) is 16.6. The van der Waals surface area contributed by atoms with E-state index in [0.717, 1.165) is 42.0 Å². The van der Waals surface area contributed by atoms with E-state index in [2.05, 4.69) is 28.9 Å². The first-order valence-electron chi connectivity index (χ1n) is 9.11. The van der Waals surface area contributed by atoms with Crippen molar-refractivity contribution in [3.63, 3.8) is 0 Å². The highest BCUT2D eigenvalue weighted by molar-refractivity contribution is 5.94. The Kier molecular flexibility index (Phi) is 4.15. The summed E-state index contributed by atoms with van der Waals surface area (Å²) in [5.41, 5.74) is 2.68. The summed E-state index contributed by atoms with van der Waals surface area (Å²) >= 11 is 0. The molecule has 0 radical (unpaired) electrons. The van der Waals surface area contributed by atoms with Gasteiger partial charge in [-0.2, -0.15) is 0 Å². The monoisotopic (exact) mass is 348 g/mol. The lowest BCUT2D eigenvalue weighted by Gasteiger charge is -2.40. The zero-order chi connectivity index (χ0) is 18.1. The summed E-state index contributed by atoms with van der Waals surface area (Å²) < 4.78 is 2.11. The van der Waals surface area contributed by atoms with Crippen LogP contribution in [0.4, 0.5) is 5.82 Å². The second-order valence-corrected chi connectivity index (χ2v) is 7.28. The third-order valence-electron chi connectivity index (χ3n) is 5.37. The number of benzene rings is 1. The normalized spacial score (nSPS) is 20.3. The van der Waals surface area contributed by atoms with Gasteiger partial charge in [-0.05, 0) is 37.1 Å². The number of aromatic nitrogens is 2. The highest BCUT2D eigenvalue weighted by Crippen LogP contribution is 2.34. The van der Waals surface area contributed by atoms with Crippen LogP contribution in [-0.4, -0.2) is 40.3 Å². The maximum absolute atomic E-state index is 12.9. The largest absolute Gasteiger partial charge is 0.371 e. The minimum absolute atomic E-state index is 0.104. The van der Waals surface area contributed by atoms with Crippen molar-refractivity contribution < 1.29 is 4.79 Å². The average molecular weight is 348 g/mol. The zero-order valence-corrected chi connectivity index (χ0v) is 15.3. The Morgan fingerprint density at radius 1 is 1.19 bits per heavy atom. The SMILES string of the molecule is CNc1nc(C2(C)CCCN(C(=O)c3ccccc3)C2)cn2cccc12. The van der Waals surface area contributed by atoms with Crippen LogP contribution in [0.25, 0.3) is 5.52 Å². The lowest BCUT2D eigenvalue weighted by atomic mass is 9.79. The second-order valence-electron chi connectivity index (χ2n) is 7.28. The average Bonchev–Trinajstić information content (AvgIpc) is 3.16. The Labute approximate surface area is 153 Å². The van der Waals surface area contributed by atoms with Crippen LogP contribution >= 0.6 is 0 Å². The number of fused-ring (bicyclic) bond motifs is 1. The molecule has 0 saturated carbocycles. The third kappa shape index (κ3) is 2.83. The van der Waals surface area contributed by atoms with E-state index in [1.165, 1.54) is 0 Å². The van der Waals surface area contributed by atoms with Gasteiger partial charge in [0.1, 0.15) is 5.82 Å². The molecule has 0 bridgehead atoms. The lowest BCUT2D eigenvalue weighted by Crippen LogP contribution is -2.47. The fourth-order valence-corrected chi connectivity index (χ4v) is 3.91. The van der Waals surface area contributed by atoms with Gasteiger partial charge in [-0.1, -0.05) is 25.1 Å². The lowest BCUT2D eigenvalue weighted by molar-refractivity contribution is 0.0647. The number of carbonyl (C=O) groups excluding carboxylic acids is 1. The quantitative estimate of drug-likeness (QED) is 0.787. The number of nitrogens with zero attached hydrogens (tertiary/aromatic N) is 3. The molecule has 1 atom stereocenters. The Bertz CT molecular complexity index is 934. The number of rotatable bonds is 3. The van der Waals surface area contributed by atoms with Crippen LogP contribution in [-0.2, 0) is 5.41 Å². The van der Waals surface area contributed by atoms with Gasteiger partial charge in [0.15, 0.2) is 0 Å². The standard InChI is InChI=1S/C21H24N4O/c1-21(18-14-24-12-6-10-17(24)19(22-2)23-18)11-7-13-25(15-21)20(26)16-8-4-3-5-9-16/h3-6,8-10,12,14H,7,11,13,15H2,1-2H3,(H,22,23). The van der Waals surface area contributed by atoms with Gasteiger partial charge in [0.25, 0.3) is 5.91 Å². The number of piperidine rings is 1. The van der Waals surface area contributed by atoms with Crippen molar-refractivity contribution >= 4 is 17.2 Å². The van der Waals surface area contributed by atoms with Crippen LogP contribution in [0.1, 0.15) is 35.8 Å². The smallest absolute Gasteiger partial charge is 0.253 e. The van der Waals surface area contributed by atoms with Crippen LogP contribution in [0.5, 0.6) is 0 Å². The molecule has 5 nitrogen and oxygen atoms in total. The first-order chi connectivity index (χ1) is 12.6. The summed E-state index contributed by atoms with van der Waals surface area (Å²) in [7, 11) is 1.90. The fraction of sp³-hybridized carbons (Fsp3) is 0.333. The van der Waals surface area contributed by atoms with Crippen molar-refractivity contribution in [2.45, 2.75) is 25.2 Å². The van der Waals surface area contributed by atoms with E-state index in [4.69, 9.17) is 4.98 Å². The second kappa shape index (κ2) is 6.48. The van der Waals surface area contributed by atoms with E-state index in [9.17, 15) is 4.79 Å². The van der Waals surface area contributed by atoms with Gasteiger partial charge in [-0.3, -0.25) is 4.79 Å². The summed E-state index contributed by atoms with van der Waals surface area (Å²) in [5, 5.41) is 3.20. The number of carbonyl (C=O) groups is 1. The molecule has 1 saturated heterocycles. The summed E-state index contributed by atoms with van der Waals surface area (Å²) in [6.45, 7) is 3.70. The van der Waals surface area contributed by atoms with Crippen molar-refractivity contribution in [3.05, 3.63) is 66.1 Å². The molecule has 134 valence electrons. The van der Waals surface area contributed by atoms with Gasteiger partial charge in [0, 0.05) is 43.5 Å². The summed E-state index contributed by atoms with van der Waals surface area (Å²) in [6, 6.07) is 13.6. The van der Waals surface area contributed by atoms with E-state index in [0.29, 0.717) is 6.54 Å². The highest BCUT2D eigenvalue weighted by Gasteiger charge is 2.36. The molecule has 1 aromatic carbocycles. The summed E-state index contributed by atoms with van der Waals surface area (Å²) in [5.74, 6) is 0.979. The van der Waals surface area contributed by atoms with Gasteiger partial charge < -0.3 is 14.6 Å². The molecular weight excluding hydrogens is 324 g/mol. The van der Waals surface area contributed by atoms with Crippen molar-refractivity contribution in [2.24, 2.45) is 0 Å². The molecule has 2 aromatic heterocycles. The van der Waals surface area contributed by atoms with Gasteiger partial charge in [0.2, 0.25) is 0 Å². The van der Waals surface area contributed by atoms with E-state index in [-0.39, 0.29) is 11.3 Å². The highest BCUT2D eigenvalue weighted by atomic mass is 16.2. The van der Waals surface area contributed by atoms with Gasteiger partial charge in [0.05, 0.1) is 11.2 Å². The van der Waals surface area contributed by atoms with E-state index in [1.807, 2.05) is 54.5 Å². The molecule has 5 heteroatoms. The summed E-state index contributed by atoms with van der Waals surface area (Å²) in [6.07, 6.45) is 6.15. The van der Waals surface area contributed by atoms with Crippen LogP contribution in [0.3, 0.4) is 0 Å².